The van der Waals surface area contributed by atoms with Gasteiger partial charge in [-0.15, -0.1) is 0 Å². The minimum absolute atomic E-state index is 0.304. The van der Waals surface area contributed by atoms with Crippen LogP contribution in [-0.4, -0.2) is 39.0 Å². The van der Waals surface area contributed by atoms with E-state index in [1.807, 2.05) is 60.7 Å². The fourth-order valence-electron chi connectivity index (χ4n) is 2.80. The summed E-state index contributed by atoms with van der Waals surface area (Å²) in [4.78, 5) is 0. The zero-order chi connectivity index (χ0) is 16.8. The zero-order valence-electron chi connectivity index (χ0n) is 13.5. The van der Waals surface area contributed by atoms with Crippen molar-refractivity contribution in [1.82, 2.24) is 9.03 Å². The first-order valence-corrected chi connectivity index (χ1v) is 9.53. The Hall–Kier alpha value is -1.73. The summed E-state index contributed by atoms with van der Waals surface area (Å²) in [6, 6.07) is 19.3. The highest BCUT2D eigenvalue weighted by Crippen LogP contribution is 2.20. The molecule has 0 unspecified atom stereocenters. The first-order chi connectivity index (χ1) is 11.6. The molecular formula is C18H22N2O3S. The monoisotopic (exact) mass is 346 g/mol. The number of morpholine rings is 1. The zero-order valence-corrected chi connectivity index (χ0v) is 14.3. The summed E-state index contributed by atoms with van der Waals surface area (Å²) in [5, 5.41) is 0. The molecule has 0 aliphatic carbocycles. The van der Waals surface area contributed by atoms with Crippen molar-refractivity contribution in [2.75, 3.05) is 26.3 Å². The first-order valence-electron chi connectivity index (χ1n) is 8.09. The van der Waals surface area contributed by atoms with Crippen molar-refractivity contribution in [2.45, 2.75) is 12.5 Å². The van der Waals surface area contributed by atoms with Crippen molar-refractivity contribution < 1.29 is 13.2 Å². The van der Waals surface area contributed by atoms with E-state index in [9.17, 15) is 8.42 Å². The Labute approximate surface area is 143 Å². The van der Waals surface area contributed by atoms with Crippen LogP contribution in [0.2, 0.25) is 0 Å². The molecule has 0 aromatic heterocycles. The van der Waals surface area contributed by atoms with Crippen LogP contribution in [0.4, 0.5) is 0 Å². The predicted octanol–water partition coefficient (Wildman–Crippen LogP) is 2.14. The SMILES string of the molecule is O=S(=O)(N[C@H](Cc1ccccc1)c1ccccc1)N1CCOCC1. The topological polar surface area (TPSA) is 58.6 Å². The highest BCUT2D eigenvalue weighted by molar-refractivity contribution is 7.87. The summed E-state index contributed by atoms with van der Waals surface area (Å²) in [7, 11) is -3.55. The minimum atomic E-state index is -3.55. The van der Waals surface area contributed by atoms with E-state index in [4.69, 9.17) is 4.74 Å². The summed E-state index contributed by atoms with van der Waals surface area (Å²) in [6.07, 6.45) is 0.606. The smallest absolute Gasteiger partial charge is 0.280 e. The summed E-state index contributed by atoms with van der Waals surface area (Å²) in [5.41, 5.74) is 2.05. The number of rotatable bonds is 6. The highest BCUT2D eigenvalue weighted by Gasteiger charge is 2.27. The van der Waals surface area contributed by atoms with Gasteiger partial charge in [-0.05, 0) is 17.5 Å². The predicted molar refractivity (Wildman–Crippen MR) is 93.8 cm³/mol. The normalized spacial score (nSPS) is 17.5. The largest absolute Gasteiger partial charge is 0.379 e. The molecule has 1 fully saturated rings. The van der Waals surface area contributed by atoms with Gasteiger partial charge in [-0.3, -0.25) is 0 Å². The van der Waals surface area contributed by atoms with Crippen molar-refractivity contribution >= 4 is 10.2 Å². The molecule has 24 heavy (non-hydrogen) atoms. The molecule has 0 bridgehead atoms. The highest BCUT2D eigenvalue weighted by atomic mass is 32.2. The van der Waals surface area contributed by atoms with Crippen LogP contribution in [0.15, 0.2) is 60.7 Å². The van der Waals surface area contributed by atoms with Crippen LogP contribution < -0.4 is 4.72 Å². The maximum Gasteiger partial charge on any atom is 0.280 e. The molecule has 1 heterocycles. The molecule has 2 aromatic rings. The van der Waals surface area contributed by atoms with Gasteiger partial charge in [0.1, 0.15) is 0 Å². The van der Waals surface area contributed by atoms with E-state index in [-0.39, 0.29) is 6.04 Å². The van der Waals surface area contributed by atoms with Crippen LogP contribution in [0.25, 0.3) is 0 Å². The van der Waals surface area contributed by atoms with Crippen LogP contribution in [0.3, 0.4) is 0 Å². The molecule has 6 heteroatoms. The van der Waals surface area contributed by atoms with Gasteiger partial charge in [0, 0.05) is 13.1 Å². The van der Waals surface area contributed by atoms with Crippen LogP contribution in [0.5, 0.6) is 0 Å². The summed E-state index contributed by atoms with van der Waals surface area (Å²) in [5.74, 6) is 0. The Morgan fingerprint density at radius 3 is 2.17 bits per heavy atom. The van der Waals surface area contributed by atoms with E-state index in [1.165, 1.54) is 4.31 Å². The van der Waals surface area contributed by atoms with Gasteiger partial charge in [-0.1, -0.05) is 60.7 Å². The van der Waals surface area contributed by atoms with Crippen molar-refractivity contribution in [1.29, 1.82) is 0 Å². The fourth-order valence-corrected chi connectivity index (χ4v) is 4.16. The second kappa shape index (κ2) is 7.90. The first kappa shape index (κ1) is 17.1. The van der Waals surface area contributed by atoms with Gasteiger partial charge in [0.05, 0.1) is 19.3 Å². The molecule has 2 aromatic carbocycles. The van der Waals surface area contributed by atoms with Crippen molar-refractivity contribution in [3.63, 3.8) is 0 Å². The average Bonchev–Trinajstić information content (AvgIpc) is 2.63. The average molecular weight is 346 g/mol. The van der Waals surface area contributed by atoms with Crippen LogP contribution in [-0.2, 0) is 21.4 Å². The molecule has 128 valence electrons. The third-order valence-corrected chi connectivity index (χ3v) is 5.71. The van der Waals surface area contributed by atoms with E-state index in [0.717, 1.165) is 11.1 Å². The molecule has 1 aliphatic heterocycles. The molecular weight excluding hydrogens is 324 g/mol. The molecule has 1 aliphatic rings. The van der Waals surface area contributed by atoms with E-state index < -0.39 is 10.2 Å². The van der Waals surface area contributed by atoms with Crippen molar-refractivity contribution in [2.24, 2.45) is 0 Å². The van der Waals surface area contributed by atoms with Crippen LogP contribution in [0, 0.1) is 0 Å². The number of nitrogens with one attached hydrogen (secondary N) is 1. The Kier molecular flexibility index (Phi) is 5.63. The van der Waals surface area contributed by atoms with Gasteiger partial charge in [0.25, 0.3) is 10.2 Å². The fraction of sp³-hybridized carbons (Fsp3) is 0.333. The summed E-state index contributed by atoms with van der Waals surface area (Å²) < 4.78 is 35.0. The van der Waals surface area contributed by atoms with E-state index in [0.29, 0.717) is 32.7 Å². The second-order valence-corrected chi connectivity index (χ2v) is 7.49. The molecule has 0 spiro atoms. The van der Waals surface area contributed by atoms with Crippen molar-refractivity contribution in [3.8, 4) is 0 Å². The summed E-state index contributed by atoms with van der Waals surface area (Å²) >= 11 is 0. The molecule has 0 amide bonds. The standard InChI is InChI=1S/C18H22N2O3S/c21-24(22,20-11-13-23-14-12-20)19-18(17-9-5-2-6-10-17)15-16-7-3-1-4-8-16/h1-10,18-19H,11-15H2/t18-/m1/s1. The Balaban J connectivity index is 1.82. The maximum atomic E-state index is 12.7. The molecule has 0 saturated carbocycles. The number of hydrogen-bond acceptors (Lipinski definition) is 3. The van der Waals surface area contributed by atoms with Gasteiger partial charge in [-0.2, -0.15) is 17.4 Å². The lowest BCUT2D eigenvalue weighted by atomic mass is 10.00. The lowest BCUT2D eigenvalue weighted by Crippen LogP contribution is -2.47. The lowest BCUT2D eigenvalue weighted by Gasteiger charge is -2.29. The van der Waals surface area contributed by atoms with Crippen LogP contribution >= 0.6 is 0 Å². The van der Waals surface area contributed by atoms with E-state index in [1.54, 1.807) is 0 Å². The molecule has 1 N–H and O–H groups in total. The summed E-state index contributed by atoms with van der Waals surface area (Å²) in [6.45, 7) is 1.66. The van der Waals surface area contributed by atoms with Gasteiger partial charge in [0.15, 0.2) is 0 Å². The van der Waals surface area contributed by atoms with Gasteiger partial charge >= 0.3 is 0 Å². The molecule has 1 saturated heterocycles. The molecule has 5 nitrogen and oxygen atoms in total. The van der Waals surface area contributed by atoms with Gasteiger partial charge in [0.2, 0.25) is 0 Å². The maximum absolute atomic E-state index is 12.7. The van der Waals surface area contributed by atoms with Crippen LogP contribution in [0.1, 0.15) is 17.2 Å². The Morgan fingerprint density at radius 2 is 1.54 bits per heavy atom. The van der Waals surface area contributed by atoms with Gasteiger partial charge < -0.3 is 4.74 Å². The minimum Gasteiger partial charge on any atom is -0.379 e. The number of benzene rings is 2. The molecule has 3 rings (SSSR count). The third kappa shape index (κ3) is 4.42. The molecule has 1 atom stereocenters. The van der Waals surface area contributed by atoms with Crippen molar-refractivity contribution in [3.05, 3.63) is 71.8 Å². The number of hydrogen-bond donors (Lipinski definition) is 1. The van der Waals surface area contributed by atoms with E-state index >= 15 is 0 Å². The van der Waals surface area contributed by atoms with E-state index in [2.05, 4.69) is 4.72 Å². The third-order valence-electron chi connectivity index (χ3n) is 4.09. The lowest BCUT2D eigenvalue weighted by molar-refractivity contribution is 0.0723. The quantitative estimate of drug-likeness (QED) is 0.872. The second-order valence-electron chi connectivity index (χ2n) is 5.79. The number of nitrogens with zero attached hydrogens (tertiary/aromatic N) is 1. The van der Waals surface area contributed by atoms with Gasteiger partial charge in [-0.25, -0.2) is 0 Å². The number of ether oxygens (including phenoxy) is 1. The Bertz CT molecular complexity index is 729. The Morgan fingerprint density at radius 1 is 0.958 bits per heavy atom. The molecule has 0 radical (unpaired) electrons.